The molecule has 0 radical (unpaired) electrons. The fourth-order valence-electron chi connectivity index (χ4n) is 2.80. The first-order valence-electron chi connectivity index (χ1n) is 6.37. The first-order valence-corrected chi connectivity index (χ1v) is 7.25. The number of nitrogens with one attached hydrogen (secondary N) is 1. The Kier molecular flexibility index (Phi) is 3.10. The van der Waals surface area contributed by atoms with Crippen molar-refractivity contribution in [1.82, 2.24) is 0 Å². The molecule has 2 atom stereocenters. The summed E-state index contributed by atoms with van der Waals surface area (Å²) in [5.74, 6) is 0.673. The molecule has 1 aromatic rings. The van der Waals surface area contributed by atoms with E-state index < -0.39 is 0 Å². The number of benzene rings is 1. The predicted octanol–water partition coefficient (Wildman–Crippen LogP) is 3.33. The fourth-order valence-corrected chi connectivity index (χ4v) is 4.29. The van der Waals surface area contributed by atoms with Crippen LogP contribution in [-0.2, 0) is 4.79 Å². The Balaban J connectivity index is 1.92. The molecule has 2 nitrogen and oxygen atoms in total. The van der Waals surface area contributed by atoms with Crippen LogP contribution in [0.3, 0.4) is 0 Å². The number of thioether (sulfide) groups is 1. The third-order valence-electron chi connectivity index (χ3n) is 3.73. The van der Waals surface area contributed by atoms with Crippen molar-refractivity contribution >= 4 is 23.2 Å². The number of para-hydroxylation sites is 1. The van der Waals surface area contributed by atoms with Gasteiger partial charge in [-0.25, -0.2) is 0 Å². The molecule has 0 aromatic heterocycles. The maximum absolute atomic E-state index is 12.1. The zero-order chi connectivity index (χ0) is 11.7. The van der Waals surface area contributed by atoms with Gasteiger partial charge in [0.2, 0.25) is 0 Å². The van der Waals surface area contributed by atoms with Gasteiger partial charge in [0, 0.05) is 21.8 Å². The summed E-state index contributed by atoms with van der Waals surface area (Å²) in [6.07, 6.45) is 4.77. The maximum atomic E-state index is 12.1. The summed E-state index contributed by atoms with van der Waals surface area (Å²) in [7, 11) is 0. The van der Waals surface area contributed by atoms with E-state index in [0.29, 0.717) is 17.6 Å². The molecule has 0 saturated heterocycles. The maximum Gasteiger partial charge on any atom is 0.156 e. The molecule has 1 saturated carbocycles. The first-order chi connectivity index (χ1) is 8.34. The SMILES string of the molecule is O=C1CNc2ccccc2SC2CCCCC12. The Hall–Kier alpha value is -0.960. The van der Waals surface area contributed by atoms with Crippen LogP contribution in [0.25, 0.3) is 0 Å². The average molecular weight is 247 g/mol. The number of carbonyl (C=O) groups excluding carboxylic acids is 1. The molecule has 1 N–H and O–H groups in total. The van der Waals surface area contributed by atoms with Crippen LogP contribution in [0.1, 0.15) is 25.7 Å². The lowest BCUT2D eigenvalue weighted by Crippen LogP contribution is -2.34. The van der Waals surface area contributed by atoms with E-state index in [1.165, 1.54) is 24.2 Å². The lowest BCUT2D eigenvalue weighted by Gasteiger charge is -2.32. The van der Waals surface area contributed by atoms with Gasteiger partial charge < -0.3 is 5.32 Å². The van der Waals surface area contributed by atoms with Crippen LogP contribution in [0.2, 0.25) is 0 Å². The lowest BCUT2D eigenvalue weighted by atomic mass is 9.85. The smallest absolute Gasteiger partial charge is 0.156 e. The molecule has 2 unspecified atom stereocenters. The molecule has 90 valence electrons. The molecule has 1 aliphatic carbocycles. The summed E-state index contributed by atoms with van der Waals surface area (Å²) in [5, 5.41) is 3.78. The number of Topliss-reactive ketones (excluding diaryl/α,β-unsaturated/α-hetero) is 1. The van der Waals surface area contributed by atoms with Gasteiger partial charge in [-0.3, -0.25) is 4.79 Å². The second kappa shape index (κ2) is 4.73. The third kappa shape index (κ3) is 2.21. The van der Waals surface area contributed by atoms with Crippen molar-refractivity contribution in [3.8, 4) is 0 Å². The van der Waals surface area contributed by atoms with Crippen LogP contribution in [0.4, 0.5) is 5.69 Å². The van der Waals surface area contributed by atoms with E-state index in [9.17, 15) is 4.79 Å². The molecule has 1 aromatic carbocycles. The van der Waals surface area contributed by atoms with Gasteiger partial charge in [0.25, 0.3) is 0 Å². The highest BCUT2D eigenvalue weighted by Gasteiger charge is 2.32. The Labute approximate surface area is 106 Å². The van der Waals surface area contributed by atoms with E-state index in [4.69, 9.17) is 0 Å². The van der Waals surface area contributed by atoms with Crippen molar-refractivity contribution < 1.29 is 4.79 Å². The predicted molar refractivity (Wildman–Crippen MR) is 71.5 cm³/mol. The monoisotopic (exact) mass is 247 g/mol. The minimum Gasteiger partial charge on any atom is -0.377 e. The van der Waals surface area contributed by atoms with E-state index in [1.54, 1.807) is 0 Å². The molecule has 2 aliphatic rings. The molecular weight excluding hydrogens is 230 g/mol. The number of carbonyl (C=O) groups is 1. The van der Waals surface area contributed by atoms with E-state index in [2.05, 4.69) is 23.5 Å². The van der Waals surface area contributed by atoms with Gasteiger partial charge in [-0.1, -0.05) is 25.0 Å². The van der Waals surface area contributed by atoms with E-state index in [1.807, 2.05) is 17.8 Å². The molecule has 0 bridgehead atoms. The van der Waals surface area contributed by atoms with Crippen molar-refractivity contribution in [2.45, 2.75) is 35.8 Å². The van der Waals surface area contributed by atoms with Crippen LogP contribution >= 0.6 is 11.8 Å². The van der Waals surface area contributed by atoms with Gasteiger partial charge in [0.15, 0.2) is 5.78 Å². The van der Waals surface area contributed by atoms with E-state index in [-0.39, 0.29) is 5.92 Å². The van der Waals surface area contributed by atoms with E-state index in [0.717, 1.165) is 12.1 Å². The highest BCUT2D eigenvalue weighted by atomic mass is 32.2. The number of fused-ring (bicyclic) bond motifs is 2. The summed E-state index contributed by atoms with van der Waals surface area (Å²) in [4.78, 5) is 13.4. The standard InChI is InChI=1S/C14H17NOS/c16-12-9-15-11-6-2-4-8-14(11)17-13-7-3-1-5-10(12)13/h2,4,6,8,10,13,15H,1,3,5,7,9H2. The Bertz CT molecular complexity index is 432. The summed E-state index contributed by atoms with van der Waals surface area (Å²) in [6.45, 7) is 0.499. The Morgan fingerprint density at radius 1 is 1.18 bits per heavy atom. The minimum atomic E-state index is 0.273. The number of ketones is 1. The second-order valence-corrected chi connectivity index (χ2v) is 6.14. The third-order valence-corrected chi connectivity index (χ3v) is 5.21. The van der Waals surface area contributed by atoms with Crippen LogP contribution in [0.5, 0.6) is 0 Å². The lowest BCUT2D eigenvalue weighted by molar-refractivity contribution is -0.121. The highest BCUT2D eigenvalue weighted by Crippen LogP contribution is 2.41. The fraction of sp³-hybridized carbons (Fsp3) is 0.500. The van der Waals surface area contributed by atoms with Crippen molar-refractivity contribution in [3.05, 3.63) is 24.3 Å². The van der Waals surface area contributed by atoms with Crippen molar-refractivity contribution in [1.29, 1.82) is 0 Å². The highest BCUT2D eigenvalue weighted by molar-refractivity contribution is 8.00. The molecule has 0 spiro atoms. The number of rotatable bonds is 0. The Morgan fingerprint density at radius 3 is 2.94 bits per heavy atom. The Morgan fingerprint density at radius 2 is 2.00 bits per heavy atom. The quantitative estimate of drug-likeness (QED) is 0.762. The molecule has 3 rings (SSSR count). The van der Waals surface area contributed by atoms with Crippen molar-refractivity contribution in [3.63, 3.8) is 0 Å². The van der Waals surface area contributed by atoms with Gasteiger partial charge in [-0.15, -0.1) is 11.8 Å². The van der Waals surface area contributed by atoms with Gasteiger partial charge in [0.05, 0.1) is 6.54 Å². The topological polar surface area (TPSA) is 29.1 Å². The summed E-state index contributed by atoms with van der Waals surface area (Å²) in [5.41, 5.74) is 1.12. The normalized spacial score (nSPS) is 28.4. The second-order valence-electron chi connectivity index (χ2n) is 4.86. The van der Waals surface area contributed by atoms with Crippen molar-refractivity contribution in [2.75, 3.05) is 11.9 Å². The summed E-state index contributed by atoms with van der Waals surface area (Å²) < 4.78 is 0. The molecule has 1 fully saturated rings. The zero-order valence-electron chi connectivity index (χ0n) is 9.82. The minimum absolute atomic E-state index is 0.273. The van der Waals surface area contributed by atoms with Crippen LogP contribution in [-0.4, -0.2) is 17.6 Å². The molecule has 1 heterocycles. The average Bonchev–Trinajstić information content (AvgIpc) is 2.36. The van der Waals surface area contributed by atoms with Gasteiger partial charge >= 0.3 is 0 Å². The van der Waals surface area contributed by atoms with Crippen LogP contribution < -0.4 is 5.32 Å². The largest absolute Gasteiger partial charge is 0.377 e. The molecule has 0 amide bonds. The van der Waals surface area contributed by atoms with Gasteiger partial charge in [-0.2, -0.15) is 0 Å². The molecular formula is C14H17NOS. The van der Waals surface area contributed by atoms with Crippen molar-refractivity contribution in [2.24, 2.45) is 5.92 Å². The van der Waals surface area contributed by atoms with Crippen LogP contribution in [0.15, 0.2) is 29.2 Å². The van der Waals surface area contributed by atoms with Gasteiger partial charge in [0.1, 0.15) is 0 Å². The van der Waals surface area contributed by atoms with Crippen LogP contribution in [0, 0.1) is 5.92 Å². The molecule has 17 heavy (non-hydrogen) atoms. The van der Waals surface area contributed by atoms with E-state index >= 15 is 0 Å². The van der Waals surface area contributed by atoms with Gasteiger partial charge in [-0.05, 0) is 25.0 Å². The number of hydrogen-bond acceptors (Lipinski definition) is 3. The number of hydrogen-bond donors (Lipinski definition) is 1. The first kappa shape index (κ1) is 11.1. The zero-order valence-corrected chi connectivity index (χ0v) is 10.6. The molecule has 3 heteroatoms. The summed E-state index contributed by atoms with van der Waals surface area (Å²) in [6, 6.07) is 8.33. The summed E-state index contributed by atoms with van der Waals surface area (Å²) >= 11 is 1.90. The number of anilines is 1. The molecule has 1 aliphatic heterocycles.